The molecule has 1 aliphatic rings. The molecule has 21 heavy (non-hydrogen) atoms. The highest BCUT2D eigenvalue weighted by Crippen LogP contribution is 2.30. The van der Waals surface area contributed by atoms with Crippen LogP contribution < -0.4 is 5.43 Å². The Hall–Kier alpha value is -2.36. The van der Waals surface area contributed by atoms with Gasteiger partial charge in [0.05, 0.1) is 11.8 Å². The molecule has 1 atom stereocenters. The number of halogens is 1. The molecule has 1 heterocycles. The van der Waals surface area contributed by atoms with Gasteiger partial charge in [0, 0.05) is 12.0 Å². The quantitative estimate of drug-likeness (QED) is 0.885. The van der Waals surface area contributed by atoms with Crippen molar-refractivity contribution >= 4 is 5.71 Å². The van der Waals surface area contributed by atoms with Crippen LogP contribution in [0.4, 0.5) is 4.39 Å². The molecule has 3 rings (SSSR count). The monoisotopic (exact) mass is 284 g/mol. The molecule has 0 fully saturated rings. The molecule has 0 unspecified atom stereocenters. The lowest BCUT2D eigenvalue weighted by Crippen LogP contribution is -2.09. The second-order valence-electron chi connectivity index (χ2n) is 5.47. The molecule has 0 bridgehead atoms. The van der Waals surface area contributed by atoms with E-state index in [-0.39, 0.29) is 17.6 Å². The number of rotatable bonds is 2. The van der Waals surface area contributed by atoms with Crippen LogP contribution in [0, 0.1) is 19.7 Å². The number of benzene rings is 2. The van der Waals surface area contributed by atoms with Gasteiger partial charge in [-0.15, -0.1) is 0 Å². The fraction of sp³-hybridized carbons (Fsp3) is 0.235. The average molecular weight is 284 g/mol. The van der Waals surface area contributed by atoms with E-state index in [1.807, 2.05) is 26.0 Å². The van der Waals surface area contributed by atoms with Crippen molar-refractivity contribution in [2.45, 2.75) is 26.3 Å². The van der Waals surface area contributed by atoms with Crippen LogP contribution >= 0.6 is 0 Å². The van der Waals surface area contributed by atoms with Crippen LogP contribution in [0.15, 0.2) is 41.5 Å². The number of aryl methyl sites for hydroxylation is 2. The smallest absolute Gasteiger partial charge is 0.127 e. The predicted molar refractivity (Wildman–Crippen MR) is 81.0 cm³/mol. The van der Waals surface area contributed by atoms with Crippen LogP contribution in [0.3, 0.4) is 0 Å². The summed E-state index contributed by atoms with van der Waals surface area (Å²) in [6.45, 7) is 3.88. The molecule has 0 aliphatic carbocycles. The maximum absolute atomic E-state index is 13.0. The van der Waals surface area contributed by atoms with Crippen LogP contribution in [-0.2, 0) is 0 Å². The van der Waals surface area contributed by atoms with Crippen molar-refractivity contribution in [3.8, 4) is 5.75 Å². The van der Waals surface area contributed by atoms with Crippen molar-refractivity contribution in [3.05, 3.63) is 64.5 Å². The summed E-state index contributed by atoms with van der Waals surface area (Å²) in [5.41, 5.74) is 7.58. The van der Waals surface area contributed by atoms with Crippen LogP contribution in [0.2, 0.25) is 0 Å². The van der Waals surface area contributed by atoms with Gasteiger partial charge >= 0.3 is 0 Å². The van der Waals surface area contributed by atoms with Crippen LogP contribution in [-0.4, -0.2) is 10.8 Å². The van der Waals surface area contributed by atoms with Crippen molar-refractivity contribution in [3.63, 3.8) is 0 Å². The third-order valence-corrected chi connectivity index (χ3v) is 3.78. The minimum Gasteiger partial charge on any atom is -0.507 e. The van der Waals surface area contributed by atoms with Crippen LogP contribution in [0.1, 0.15) is 34.7 Å². The molecule has 2 aromatic carbocycles. The first-order valence-corrected chi connectivity index (χ1v) is 6.93. The molecule has 0 saturated heterocycles. The zero-order valence-electron chi connectivity index (χ0n) is 12.0. The fourth-order valence-electron chi connectivity index (χ4n) is 2.68. The van der Waals surface area contributed by atoms with E-state index in [1.54, 1.807) is 12.1 Å². The Bertz CT molecular complexity index is 707. The molecular formula is C17H17FN2O. The lowest BCUT2D eigenvalue weighted by atomic mass is 9.96. The van der Waals surface area contributed by atoms with Gasteiger partial charge in [0.1, 0.15) is 11.6 Å². The number of phenolic OH excluding ortho intramolecular Hbond substituents is 1. The van der Waals surface area contributed by atoms with Gasteiger partial charge in [-0.25, -0.2) is 4.39 Å². The second kappa shape index (κ2) is 5.20. The van der Waals surface area contributed by atoms with E-state index >= 15 is 0 Å². The van der Waals surface area contributed by atoms with Gasteiger partial charge in [-0.3, -0.25) is 0 Å². The first-order valence-electron chi connectivity index (χ1n) is 6.93. The minimum atomic E-state index is -0.246. The van der Waals surface area contributed by atoms with E-state index in [9.17, 15) is 9.50 Å². The summed E-state index contributed by atoms with van der Waals surface area (Å²) in [5.74, 6) is 0.0331. The van der Waals surface area contributed by atoms with Crippen molar-refractivity contribution in [2.75, 3.05) is 0 Å². The van der Waals surface area contributed by atoms with E-state index < -0.39 is 0 Å². The van der Waals surface area contributed by atoms with Gasteiger partial charge < -0.3 is 10.5 Å². The highest BCUT2D eigenvalue weighted by atomic mass is 19.1. The van der Waals surface area contributed by atoms with Crippen molar-refractivity contribution in [1.29, 1.82) is 0 Å². The van der Waals surface area contributed by atoms with Crippen molar-refractivity contribution < 1.29 is 9.50 Å². The number of phenols is 1. The summed E-state index contributed by atoms with van der Waals surface area (Å²) in [6, 6.07) is 10.3. The minimum absolute atomic E-state index is 0.0146. The average Bonchev–Trinajstić information content (AvgIpc) is 2.93. The largest absolute Gasteiger partial charge is 0.507 e. The first kappa shape index (κ1) is 13.6. The van der Waals surface area contributed by atoms with Gasteiger partial charge in [0.15, 0.2) is 0 Å². The predicted octanol–water partition coefficient (Wildman–Crippen LogP) is 3.59. The zero-order chi connectivity index (χ0) is 15.0. The standard InChI is InChI=1S/C17H17FN2O/c1-10-7-11(2)17(21)14(8-10)16-9-15(19-20-16)12-3-5-13(18)6-4-12/h3-8,15,19,21H,9H2,1-2H3/t15-/m0/s1. The zero-order valence-corrected chi connectivity index (χ0v) is 12.0. The normalized spacial score (nSPS) is 17.5. The lowest BCUT2D eigenvalue weighted by Gasteiger charge is -2.11. The van der Waals surface area contributed by atoms with Gasteiger partial charge in [-0.2, -0.15) is 5.10 Å². The third-order valence-electron chi connectivity index (χ3n) is 3.78. The Morgan fingerprint density at radius 1 is 1.19 bits per heavy atom. The molecule has 0 spiro atoms. The molecule has 0 radical (unpaired) electrons. The highest BCUT2D eigenvalue weighted by Gasteiger charge is 2.23. The molecule has 2 N–H and O–H groups in total. The lowest BCUT2D eigenvalue weighted by molar-refractivity contribution is 0.469. The maximum atomic E-state index is 13.0. The molecule has 0 amide bonds. The number of aromatic hydroxyl groups is 1. The Balaban J connectivity index is 1.85. The van der Waals surface area contributed by atoms with Crippen LogP contribution in [0.5, 0.6) is 5.75 Å². The summed E-state index contributed by atoms with van der Waals surface area (Å²) in [7, 11) is 0. The number of nitrogens with zero attached hydrogens (tertiary/aromatic N) is 1. The Kier molecular flexibility index (Phi) is 3.37. The molecule has 0 aromatic heterocycles. The van der Waals surface area contributed by atoms with Crippen molar-refractivity contribution in [2.24, 2.45) is 5.10 Å². The number of hydrazone groups is 1. The Morgan fingerprint density at radius 2 is 1.90 bits per heavy atom. The summed E-state index contributed by atoms with van der Waals surface area (Å²) in [4.78, 5) is 0. The van der Waals surface area contributed by atoms with E-state index in [1.165, 1.54) is 12.1 Å². The first-order chi connectivity index (χ1) is 10.0. The second-order valence-corrected chi connectivity index (χ2v) is 5.47. The van der Waals surface area contributed by atoms with Gasteiger partial charge in [0.2, 0.25) is 0 Å². The molecule has 108 valence electrons. The fourth-order valence-corrected chi connectivity index (χ4v) is 2.68. The van der Waals surface area contributed by atoms with Gasteiger partial charge in [0.25, 0.3) is 0 Å². The van der Waals surface area contributed by atoms with E-state index in [2.05, 4.69) is 10.5 Å². The summed E-state index contributed by atoms with van der Waals surface area (Å²) in [5, 5.41) is 14.6. The molecule has 4 heteroatoms. The number of hydrogen-bond acceptors (Lipinski definition) is 3. The van der Waals surface area contributed by atoms with Gasteiger partial charge in [-0.1, -0.05) is 18.2 Å². The van der Waals surface area contributed by atoms with E-state index in [0.29, 0.717) is 6.42 Å². The van der Waals surface area contributed by atoms with Crippen LogP contribution in [0.25, 0.3) is 0 Å². The molecule has 1 aliphatic heterocycles. The van der Waals surface area contributed by atoms with Gasteiger partial charge in [-0.05, 0) is 48.7 Å². The number of nitrogens with one attached hydrogen (secondary N) is 1. The topological polar surface area (TPSA) is 44.6 Å². The summed E-state index contributed by atoms with van der Waals surface area (Å²) in [6.07, 6.45) is 0.669. The molecule has 3 nitrogen and oxygen atoms in total. The SMILES string of the molecule is Cc1cc(C)c(O)c(C2=NN[C@H](c3ccc(F)cc3)C2)c1. The summed E-state index contributed by atoms with van der Waals surface area (Å²) >= 11 is 0. The number of hydrogen-bond donors (Lipinski definition) is 2. The van der Waals surface area contributed by atoms with E-state index in [4.69, 9.17) is 0 Å². The maximum Gasteiger partial charge on any atom is 0.127 e. The Morgan fingerprint density at radius 3 is 2.62 bits per heavy atom. The van der Waals surface area contributed by atoms with E-state index in [0.717, 1.165) is 28.0 Å². The van der Waals surface area contributed by atoms with Crippen molar-refractivity contribution in [1.82, 2.24) is 5.43 Å². The Labute approximate surface area is 123 Å². The summed E-state index contributed by atoms with van der Waals surface area (Å²) < 4.78 is 13.0. The molecule has 2 aromatic rings. The highest BCUT2D eigenvalue weighted by molar-refractivity contribution is 6.04. The third kappa shape index (κ3) is 2.61. The molecular weight excluding hydrogens is 267 g/mol. The molecule has 0 saturated carbocycles.